The summed E-state index contributed by atoms with van der Waals surface area (Å²) in [7, 11) is -3.96. The molecule has 1 saturated heterocycles. The van der Waals surface area contributed by atoms with Gasteiger partial charge in [0.2, 0.25) is 5.91 Å². The lowest BCUT2D eigenvalue weighted by molar-refractivity contribution is -0.120. The quantitative estimate of drug-likeness (QED) is 0.640. The van der Waals surface area contributed by atoms with E-state index in [-0.39, 0.29) is 25.5 Å². The van der Waals surface area contributed by atoms with Crippen LogP contribution in [0.5, 0.6) is 0 Å². The van der Waals surface area contributed by atoms with Crippen molar-refractivity contribution in [2.24, 2.45) is 0 Å². The number of nitrogens with one attached hydrogen (secondary N) is 1. The van der Waals surface area contributed by atoms with Crippen LogP contribution in [0.2, 0.25) is 0 Å². The van der Waals surface area contributed by atoms with Gasteiger partial charge in [-0.2, -0.15) is 0 Å². The maximum absolute atomic E-state index is 13.4. The number of phosphoric ester groups is 1. The molecule has 3 atom stereocenters. The van der Waals surface area contributed by atoms with Gasteiger partial charge in [0.05, 0.1) is 37.4 Å². The van der Waals surface area contributed by atoms with E-state index in [2.05, 4.69) is 5.32 Å². The second kappa shape index (κ2) is 8.38. The first-order valence-electron chi connectivity index (χ1n) is 9.63. The van der Waals surface area contributed by atoms with E-state index in [1.807, 2.05) is 60.7 Å². The number of rotatable bonds is 8. The Bertz CT molecular complexity index is 845. The maximum atomic E-state index is 13.4. The second-order valence-electron chi connectivity index (χ2n) is 7.47. The highest BCUT2D eigenvalue weighted by Gasteiger charge is 2.56. The zero-order chi connectivity index (χ0) is 20.3. The summed E-state index contributed by atoms with van der Waals surface area (Å²) in [6.45, 7) is 0.113. The van der Waals surface area contributed by atoms with Crippen LogP contribution in [0.1, 0.15) is 30.4 Å². The van der Waals surface area contributed by atoms with Crippen LogP contribution in [0.4, 0.5) is 0 Å². The van der Waals surface area contributed by atoms with E-state index in [0.717, 1.165) is 11.1 Å². The number of aliphatic hydroxyl groups is 1. The first-order chi connectivity index (χ1) is 14.0. The molecule has 0 radical (unpaired) electrons. The molecule has 1 saturated carbocycles. The molecular weight excluding hydrogens is 393 g/mol. The molecule has 0 unspecified atom stereocenters. The summed E-state index contributed by atoms with van der Waals surface area (Å²) < 4.78 is 30.5. The number of benzene rings is 2. The molecule has 1 heterocycles. The van der Waals surface area contributed by atoms with Crippen LogP contribution in [0.3, 0.4) is 0 Å². The first kappa shape index (κ1) is 20.3. The number of phosphoric acid groups is 1. The third kappa shape index (κ3) is 4.77. The van der Waals surface area contributed by atoms with Gasteiger partial charge in [-0.1, -0.05) is 60.7 Å². The van der Waals surface area contributed by atoms with Gasteiger partial charge in [-0.25, -0.2) is 4.57 Å². The van der Waals surface area contributed by atoms with Crippen LogP contribution in [-0.2, 0) is 36.1 Å². The normalized spacial score (nSPS) is 26.3. The smallest absolute Gasteiger partial charge is 0.387 e. The number of amides is 1. The number of carbonyl (C=O) groups excluding carboxylic acids is 1. The molecule has 0 spiro atoms. The molecule has 8 heteroatoms. The molecule has 2 fully saturated rings. The summed E-state index contributed by atoms with van der Waals surface area (Å²) in [6, 6.07) is 18.0. The van der Waals surface area contributed by atoms with E-state index in [9.17, 15) is 14.5 Å². The van der Waals surface area contributed by atoms with Crippen molar-refractivity contribution < 1.29 is 28.0 Å². The minimum absolute atomic E-state index is 0.0254. The van der Waals surface area contributed by atoms with Gasteiger partial charge in [0.15, 0.2) is 0 Å². The molecule has 2 aromatic carbocycles. The van der Waals surface area contributed by atoms with E-state index in [1.54, 1.807) is 0 Å². The Hall–Kier alpha value is -2.02. The predicted octanol–water partition coefficient (Wildman–Crippen LogP) is 3.33. The van der Waals surface area contributed by atoms with Crippen LogP contribution in [0.15, 0.2) is 60.7 Å². The zero-order valence-corrected chi connectivity index (χ0v) is 16.8. The molecule has 1 aliphatic carbocycles. The monoisotopic (exact) mass is 417 g/mol. The summed E-state index contributed by atoms with van der Waals surface area (Å²) in [4.78, 5) is 11.7. The Labute approximate surface area is 169 Å². The molecule has 0 bridgehead atoms. The fourth-order valence-corrected chi connectivity index (χ4v) is 5.19. The van der Waals surface area contributed by atoms with Crippen molar-refractivity contribution in [1.82, 2.24) is 5.32 Å². The fraction of sp³-hybridized carbons (Fsp3) is 0.381. The minimum atomic E-state index is -3.96. The van der Waals surface area contributed by atoms with E-state index in [4.69, 9.17) is 13.6 Å². The van der Waals surface area contributed by atoms with Gasteiger partial charge in [0, 0.05) is 0 Å². The molecule has 2 aromatic rings. The van der Waals surface area contributed by atoms with Crippen molar-refractivity contribution in [2.45, 2.75) is 50.2 Å². The molecule has 154 valence electrons. The fourth-order valence-electron chi connectivity index (χ4n) is 3.82. The Kier molecular flexibility index (Phi) is 5.86. The van der Waals surface area contributed by atoms with E-state index < -0.39 is 25.6 Å². The Morgan fingerprint density at radius 1 is 1.00 bits per heavy atom. The van der Waals surface area contributed by atoms with Gasteiger partial charge in [-0.05, 0) is 24.0 Å². The molecule has 2 N–H and O–H groups in total. The molecule has 1 amide bonds. The first-order valence-corrected chi connectivity index (χ1v) is 11.1. The van der Waals surface area contributed by atoms with Gasteiger partial charge in [0.25, 0.3) is 0 Å². The van der Waals surface area contributed by atoms with Crippen LogP contribution in [0, 0.1) is 0 Å². The van der Waals surface area contributed by atoms with E-state index >= 15 is 0 Å². The zero-order valence-electron chi connectivity index (χ0n) is 15.9. The van der Waals surface area contributed by atoms with Gasteiger partial charge < -0.3 is 10.4 Å². The highest BCUT2D eigenvalue weighted by atomic mass is 31.2. The van der Waals surface area contributed by atoms with Crippen LogP contribution in [-0.4, -0.2) is 28.8 Å². The molecule has 0 aromatic heterocycles. The number of hydrogen-bond donors (Lipinski definition) is 2. The summed E-state index contributed by atoms with van der Waals surface area (Å²) in [5.74, 6) is -0.240. The van der Waals surface area contributed by atoms with Crippen LogP contribution >= 0.6 is 7.82 Å². The summed E-state index contributed by atoms with van der Waals surface area (Å²) in [6.07, 6.45) is 0.217. The number of fused-ring (bicyclic) bond motifs is 1. The van der Waals surface area contributed by atoms with Crippen molar-refractivity contribution in [3.8, 4) is 0 Å². The van der Waals surface area contributed by atoms with Crippen molar-refractivity contribution >= 4 is 13.7 Å². The summed E-state index contributed by atoms with van der Waals surface area (Å²) in [5, 5.41) is 13.4. The summed E-state index contributed by atoms with van der Waals surface area (Å²) >= 11 is 0. The number of carbonyl (C=O) groups is 1. The topological polar surface area (TPSA) is 94.1 Å². The molecule has 2 aliphatic rings. The Morgan fingerprint density at radius 3 is 2.10 bits per heavy atom. The molecule has 29 heavy (non-hydrogen) atoms. The highest BCUT2D eigenvalue weighted by molar-refractivity contribution is 7.48. The molecular formula is C21H24NO6P. The van der Waals surface area contributed by atoms with Crippen molar-refractivity contribution in [3.63, 3.8) is 0 Å². The molecule has 1 aliphatic heterocycles. The Balaban J connectivity index is 1.48. The second-order valence-corrected chi connectivity index (χ2v) is 9.10. The van der Waals surface area contributed by atoms with Crippen molar-refractivity contribution in [3.05, 3.63) is 71.8 Å². The van der Waals surface area contributed by atoms with Crippen LogP contribution < -0.4 is 5.32 Å². The highest BCUT2D eigenvalue weighted by Crippen LogP contribution is 2.55. The number of hydrogen-bond acceptors (Lipinski definition) is 6. The SMILES string of the molecule is O=C1C[C@@]2(O)CC[C@H](OP(=O)(OCc3ccccc3)OCc3ccccc3)[C@H]2N1. The lowest BCUT2D eigenvalue weighted by Crippen LogP contribution is -2.44. The standard InChI is InChI=1S/C21H24NO6P/c23-19-13-21(24)12-11-18(20(21)22-19)28-29(25,26-14-16-7-3-1-4-8-16)27-15-17-9-5-2-6-10-17/h1-10,18,20,24H,11-15H2,(H,22,23)/t18-,20+,21-/m0/s1. The average molecular weight is 417 g/mol. The Morgan fingerprint density at radius 2 is 1.55 bits per heavy atom. The maximum Gasteiger partial charge on any atom is 0.475 e. The molecule has 7 nitrogen and oxygen atoms in total. The van der Waals surface area contributed by atoms with Crippen molar-refractivity contribution in [1.29, 1.82) is 0 Å². The van der Waals surface area contributed by atoms with Gasteiger partial charge in [-0.15, -0.1) is 0 Å². The van der Waals surface area contributed by atoms with E-state index in [0.29, 0.717) is 12.8 Å². The summed E-state index contributed by atoms with van der Waals surface area (Å²) in [5.41, 5.74) is 0.485. The average Bonchev–Trinajstić information content (AvgIpc) is 3.19. The third-order valence-corrected chi connectivity index (χ3v) is 6.74. The lowest BCUT2D eigenvalue weighted by Gasteiger charge is -2.27. The van der Waals surface area contributed by atoms with Crippen LogP contribution in [0.25, 0.3) is 0 Å². The van der Waals surface area contributed by atoms with Crippen molar-refractivity contribution in [2.75, 3.05) is 0 Å². The molecule has 4 rings (SSSR count). The van der Waals surface area contributed by atoms with Gasteiger partial charge in [0.1, 0.15) is 0 Å². The predicted molar refractivity (Wildman–Crippen MR) is 106 cm³/mol. The van der Waals surface area contributed by atoms with Gasteiger partial charge in [-0.3, -0.25) is 18.4 Å². The lowest BCUT2D eigenvalue weighted by atomic mass is 9.98. The largest absolute Gasteiger partial charge is 0.475 e. The third-order valence-electron chi connectivity index (χ3n) is 5.32. The van der Waals surface area contributed by atoms with Gasteiger partial charge >= 0.3 is 7.82 Å². The minimum Gasteiger partial charge on any atom is -0.387 e. The van der Waals surface area contributed by atoms with E-state index in [1.165, 1.54) is 0 Å².